The summed E-state index contributed by atoms with van der Waals surface area (Å²) in [6.07, 6.45) is 1.67. The minimum Gasteiger partial charge on any atom is -0.480 e. The summed E-state index contributed by atoms with van der Waals surface area (Å²) in [4.78, 5) is 28.1. The third-order valence-corrected chi connectivity index (χ3v) is 5.51. The minimum atomic E-state index is -1.05. The third-order valence-electron chi connectivity index (χ3n) is 3.45. The molecule has 0 spiro atoms. The number of benzene rings is 1. The maximum Gasteiger partial charge on any atom is 0.327 e. The number of hydrogen-bond donors (Lipinski definition) is 2. The van der Waals surface area contributed by atoms with E-state index in [-0.39, 0.29) is 11.7 Å². The molecule has 1 atom stereocenters. The lowest BCUT2D eigenvalue weighted by atomic mass is 9.83. The van der Waals surface area contributed by atoms with Crippen LogP contribution in [0.3, 0.4) is 0 Å². The highest BCUT2D eigenvalue weighted by Crippen LogP contribution is 2.24. The molecule has 0 aliphatic heterocycles. The second kappa shape index (κ2) is 7.61. The van der Waals surface area contributed by atoms with Gasteiger partial charge in [-0.25, -0.2) is 9.78 Å². The predicted molar refractivity (Wildman–Crippen MR) is 91.9 cm³/mol. The van der Waals surface area contributed by atoms with Gasteiger partial charge in [-0.1, -0.05) is 42.1 Å². The Morgan fingerprint density at radius 3 is 2.61 bits per heavy atom. The van der Waals surface area contributed by atoms with Gasteiger partial charge in [-0.15, -0.1) is 11.3 Å². The van der Waals surface area contributed by atoms with Crippen LogP contribution in [0.2, 0.25) is 0 Å². The van der Waals surface area contributed by atoms with E-state index in [2.05, 4.69) is 10.3 Å². The number of aliphatic carboxylic acids is 1. The molecule has 0 aliphatic carbocycles. The van der Waals surface area contributed by atoms with Crippen molar-refractivity contribution in [2.45, 2.75) is 29.6 Å². The Balaban J connectivity index is 2.04. The zero-order chi connectivity index (χ0) is 16.9. The molecule has 122 valence electrons. The molecule has 0 radical (unpaired) electrons. The Hall–Kier alpha value is -1.86. The number of carboxylic acids is 1. The quantitative estimate of drug-likeness (QED) is 0.751. The highest BCUT2D eigenvalue weighted by molar-refractivity contribution is 8.01. The van der Waals surface area contributed by atoms with Crippen molar-refractivity contribution in [1.29, 1.82) is 0 Å². The fraction of sp³-hybridized carbons (Fsp3) is 0.312. The lowest BCUT2D eigenvalue weighted by Crippen LogP contribution is -2.49. The summed E-state index contributed by atoms with van der Waals surface area (Å²) in [5, 5.41) is 13.8. The van der Waals surface area contributed by atoms with Crippen LogP contribution in [-0.2, 0) is 15.0 Å². The Kier molecular flexibility index (Phi) is 5.79. The second-order valence-electron chi connectivity index (χ2n) is 5.46. The molecular formula is C16H18N2O3S2. The maximum absolute atomic E-state index is 12.5. The summed E-state index contributed by atoms with van der Waals surface area (Å²) in [7, 11) is 0. The molecule has 0 saturated carbocycles. The molecule has 2 rings (SSSR count). The lowest BCUT2D eigenvalue weighted by molar-refractivity contribution is -0.141. The number of carboxylic acid groups (broad SMARTS) is 1. The first-order valence-electron chi connectivity index (χ1n) is 7.03. The first kappa shape index (κ1) is 17.5. The van der Waals surface area contributed by atoms with Crippen LogP contribution >= 0.6 is 23.1 Å². The fourth-order valence-corrected chi connectivity index (χ4v) is 3.61. The van der Waals surface area contributed by atoms with Crippen LogP contribution in [0.15, 0.2) is 46.2 Å². The summed E-state index contributed by atoms with van der Waals surface area (Å²) in [5.41, 5.74) is 0.0371. The Bertz CT molecular complexity index is 657. The van der Waals surface area contributed by atoms with Crippen LogP contribution < -0.4 is 5.32 Å². The number of nitrogens with one attached hydrogen (secondary N) is 1. The number of thiazole rings is 1. The molecule has 1 heterocycles. The normalized spacial score (nSPS) is 12.6. The standard InChI is InChI=1S/C16H18N2O3S2/c1-16(2,11-6-4-3-5-7-11)14(21)18-12(13(19)20)10-23-15-17-8-9-22-15/h3-9,12H,10H2,1-2H3,(H,18,21)(H,19,20). The van der Waals surface area contributed by atoms with Gasteiger partial charge in [-0.05, 0) is 19.4 Å². The van der Waals surface area contributed by atoms with Crippen molar-refractivity contribution in [3.05, 3.63) is 47.5 Å². The highest BCUT2D eigenvalue weighted by Gasteiger charge is 2.32. The lowest BCUT2D eigenvalue weighted by Gasteiger charge is -2.26. The van der Waals surface area contributed by atoms with Crippen LogP contribution in [0.4, 0.5) is 0 Å². The van der Waals surface area contributed by atoms with E-state index in [0.717, 1.165) is 9.90 Å². The molecule has 1 aromatic carbocycles. The molecule has 0 fully saturated rings. The van der Waals surface area contributed by atoms with Gasteiger partial charge in [-0.3, -0.25) is 4.79 Å². The van der Waals surface area contributed by atoms with Gasteiger partial charge in [0.15, 0.2) is 0 Å². The van der Waals surface area contributed by atoms with Crippen LogP contribution in [0, 0.1) is 0 Å². The van der Waals surface area contributed by atoms with Crippen LogP contribution in [-0.4, -0.2) is 33.8 Å². The van der Waals surface area contributed by atoms with E-state index in [1.54, 1.807) is 20.0 Å². The number of carbonyl (C=O) groups excluding carboxylic acids is 1. The third kappa shape index (κ3) is 4.56. The fourth-order valence-electron chi connectivity index (χ4n) is 1.94. The van der Waals surface area contributed by atoms with Gasteiger partial charge < -0.3 is 10.4 Å². The summed E-state index contributed by atoms with van der Waals surface area (Å²) < 4.78 is 0.785. The summed E-state index contributed by atoms with van der Waals surface area (Å²) >= 11 is 2.77. The van der Waals surface area contributed by atoms with E-state index < -0.39 is 17.4 Å². The number of rotatable bonds is 7. The largest absolute Gasteiger partial charge is 0.480 e. The van der Waals surface area contributed by atoms with Crippen molar-refractivity contribution in [3.63, 3.8) is 0 Å². The van der Waals surface area contributed by atoms with Gasteiger partial charge in [0.2, 0.25) is 5.91 Å². The SMILES string of the molecule is CC(C)(C(=O)NC(CSc1nccs1)C(=O)O)c1ccccc1. The van der Waals surface area contributed by atoms with Crippen molar-refractivity contribution in [2.75, 3.05) is 5.75 Å². The molecule has 5 nitrogen and oxygen atoms in total. The van der Waals surface area contributed by atoms with E-state index in [4.69, 9.17) is 0 Å². The number of carbonyl (C=O) groups is 2. The van der Waals surface area contributed by atoms with Crippen molar-refractivity contribution >= 4 is 35.0 Å². The van der Waals surface area contributed by atoms with Gasteiger partial charge in [0.25, 0.3) is 0 Å². The van der Waals surface area contributed by atoms with E-state index in [1.165, 1.54) is 23.1 Å². The topological polar surface area (TPSA) is 79.3 Å². The Morgan fingerprint density at radius 2 is 2.04 bits per heavy atom. The molecule has 1 aromatic heterocycles. The number of nitrogens with zero attached hydrogens (tertiary/aromatic N) is 1. The molecule has 0 aliphatic rings. The smallest absolute Gasteiger partial charge is 0.327 e. The zero-order valence-corrected chi connectivity index (χ0v) is 14.5. The van der Waals surface area contributed by atoms with E-state index in [0.29, 0.717) is 0 Å². The average Bonchev–Trinajstić information content (AvgIpc) is 3.05. The molecule has 0 bridgehead atoms. The molecule has 1 unspecified atom stereocenters. The van der Waals surface area contributed by atoms with Crippen LogP contribution in [0.5, 0.6) is 0 Å². The summed E-state index contributed by atoms with van der Waals surface area (Å²) in [6, 6.07) is 8.36. The van der Waals surface area contributed by atoms with Crippen molar-refractivity contribution < 1.29 is 14.7 Å². The molecule has 2 aromatic rings. The number of hydrogen-bond acceptors (Lipinski definition) is 5. The molecule has 2 N–H and O–H groups in total. The molecular weight excluding hydrogens is 332 g/mol. The zero-order valence-electron chi connectivity index (χ0n) is 12.9. The van der Waals surface area contributed by atoms with E-state index in [1.807, 2.05) is 35.7 Å². The Labute approximate surface area is 143 Å². The van der Waals surface area contributed by atoms with Gasteiger partial charge in [0.1, 0.15) is 10.4 Å². The van der Waals surface area contributed by atoms with Crippen molar-refractivity contribution in [2.24, 2.45) is 0 Å². The van der Waals surface area contributed by atoms with Gasteiger partial charge in [0.05, 0.1) is 5.41 Å². The van der Waals surface area contributed by atoms with Crippen LogP contribution in [0.25, 0.3) is 0 Å². The molecule has 23 heavy (non-hydrogen) atoms. The van der Waals surface area contributed by atoms with Gasteiger partial charge in [-0.2, -0.15) is 0 Å². The molecule has 1 amide bonds. The Morgan fingerprint density at radius 1 is 1.35 bits per heavy atom. The van der Waals surface area contributed by atoms with E-state index in [9.17, 15) is 14.7 Å². The number of thioether (sulfide) groups is 1. The number of amides is 1. The van der Waals surface area contributed by atoms with Gasteiger partial charge >= 0.3 is 5.97 Å². The highest BCUT2D eigenvalue weighted by atomic mass is 32.2. The van der Waals surface area contributed by atoms with E-state index >= 15 is 0 Å². The second-order valence-corrected chi connectivity index (χ2v) is 7.63. The number of aromatic nitrogens is 1. The first-order valence-corrected chi connectivity index (χ1v) is 8.89. The monoisotopic (exact) mass is 350 g/mol. The molecule has 7 heteroatoms. The van der Waals surface area contributed by atoms with Gasteiger partial charge in [0, 0.05) is 17.3 Å². The molecule has 0 saturated heterocycles. The van der Waals surface area contributed by atoms with Crippen molar-refractivity contribution in [3.8, 4) is 0 Å². The summed E-state index contributed by atoms with van der Waals surface area (Å²) in [6.45, 7) is 3.56. The van der Waals surface area contributed by atoms with Crippen molar-refractivity contribution in [1.82, 2.24) is 10.3 Å². The minimum absolute atomic E-state index is 0.236. The van der Waals surface area contributed by atoms with Crippen LogP contribution in [0.1, 0.15) is 19.4 Å². The maximum atomic E-state index is 12.5. The predicted octanol–water partition coefficient (Wildman–Crippen LogP) is 2.78. The summed E-state index contributed by atoms with van der Waals surface area (Å²) in [5.74, 6) is -1.12. The first-order chi connectivity index (χ1) is 10.9. The average molecular weight is 350 g/mol.